The summed E-state index contributed by atoms with van der Waals surface area (Å²) in [6, 6.07) is 15.0. The zero-order valence-electron chi connectivity index (χ0n) is 14.4. The van der Waals surface area contributed by atoms with Crippen molar-refractivity contribution in [3.05, 3.63) is 76.3 Å². The largest absolute Gasteiger partial charge is 0.442 e. The lowest BCUT2D eigenvalue weighted by molar-refractivity contribution is -0.147. The number of amides is 2. The smallest absolute Gasteiger partial charge is 0.437 e. The molecule has 0 saturated heterocycles. The molecule has 28 heavy (non-hydrogen) atoms. The van der Waals surface area contributed by atoms with Gasteiger partial charge in [0.15, 0.2) is 6.73 Å². The minimum atomic E-state index is -0.841. The lowest BCUT2D eigenvalue weighted by Gasteiger charge is -2.13. The molecule has 0 bridgehead atoms. The molecular formula is C19H13N3O6. The molecule has 0 fully saturated rings. The summed E-state index contributed by atoms with van der Waals surface area (Å²) in [6.45, 7) is -1.07. The summed E-state index contributed by atoms with van der Waals surface area (Å²) in [7, 11) is 0. The Kier molecular flexibility index (Phi) is 4.32. The van der Waals surface area contributed by atoms with E-state index in [9.17, 15) is 19.2 Å². The highest BCUT2D eigenvalue weighted by Crippen LogP contribution is 2.22. The number of fused-ring (bicyclic) bond motifs is 1. The maximum atomic E-state index is 12.2. The van der Waals surface area contributed by atoms with Gasteiger partial charge in [0.05, 0.1) is 11.1 Å². The van der Waals surface area contributed by atoms with Gasteiger partial charge in [0.1, 0.15) is 6.54 Å². The van der Waals surface area contributed by atoms with Crippen molar-refractivity contribution in [2.45, 2.75) is 6.54 Å². The van der Waals surface area contributed by atoms with E-state index in [1.54, 1.807) is 42.5 Å². The Labute approximate surface area is 157 Å². The number of aromatic nitrogens is 2. The zero-order valence-corrected chi connectivity index (χ0v) is 14.4. The lowest BCUT2D eigenvalue weighted by Crippen LogP contribution is -2.34. The molecule has 0 spiro atoms. The SMILES string of the molecule is O=C(Cn1nc(-c2ccccc2)oc1=O)OCN1C(=O)c2ccccc2C1=O. The third-order valence-corrected chi connectivity index (χ3v) is 4.14. The van der Waals surface area contributed by atoms with Crippen LogP contribution in [0.1, 0.15) is 20.7 Å². The molecule has 0 saturated carbocycles. The highest BCUT2D eigenvalue weighted by molar-refractivity contribution is 6.21. The zero-order chi connectivity index (χ0) is 19.7. The van der Waals surface area contributed by atoms with Crippen LogP contribution in [-0.4, -0.2) is 39.2 Å². The number of hydrogen-bond acceptors (Lipinski definition) is 7. The van der Waals surface area contributed by atoms with E-state index in [2.05, 4.69) is 5.10 Å². The van der Waals surface area contributed by atoms with E-state index < -0.39 is 36.8 Å². The number of hydrogen-bond donors (Lipinski definition) is 0. The molecule has 3 aromatic rings. The molecule has 2 amide bonds. The normalized spacial score (nSPS) is 12.9. The Hall–Kier alpha value is -4.01. The van der Waals surface area contributed by atoms with Gasteiger partial charge in [-0.25, -0.2) is 14.5 Å². The van der Waals surface area contributed by atoms with E-state index in [1.807, 2.05) is 0 Å². The lowest BCUT2D eigenvalue weighted by atomic mass is 10.1. The van der Waals surface area contributed by atoms with Gasteiger partial charge >= 0.3 is 11.7 Å². The summed E-state index contributed by atoms with van der Waals surface area (Å²) in [4.78, 5) is 49.2. The van der Waals surface area contributed by atoms with Gasteiger partial charge in [0.2, 0.25) is 5.89 Å². The van der Waals surface area contributed by atoms with E-state index >= 15 is 0 Å². The van der Waals surface area contributed by atoms with Crippen LogP contribution in [0.25, 0.3) is 11.5 Å². The van der Waals surface area contributed by atoms with Gasteiger partial charge in [-0.2, -0.15) is 4.68 Å². The molecule has 9 heteroatoms. The summed E-state index contributed by atoms with van der Waals surface area (Å²) in [5, 5.41) is 3.95. The van der Waals surface area contributed by atoms with Crippen LogP contribution in [0.2, 0.25) is 0 Å². The molecule has 0 N–H and O–H groups in total. The number of imide groups is 1. The summed E-state index contributed by atoms with van der Waals surface area (Å²) in [6.07, 6.45) is 0. The molecule has 0 radical (unpaired) electrons. The first-order chi connectivity index (χ1) is 13.5. The molecule has 0 aliphatic carbocycles. The van der Waals surface area contributed by atoms with Gasteiger partial charge < -0.3 is 9.15 Å². The van der Waals surface area contributed by atoms with Crippen molar-refractivity contribution in [1.82, 2.24) is 14.7 Å². The fourth-order valence-corrected chi connectivity index (χ4v) is 2.76. The topological polar surface area (TPSA) is 112 Å². The first-order valence-electron chi connectivity index (χ1n) is 8.29. The second-order valence-electron chi connectivity index (χ2n) is 5.93. The van der Waals surface area contributed by atoms with E-state index in [-0.39, 0.29) is 17.0 Å². The number of nitrogens with zero attached hydrogens (tertiary/aromatic N) is 3. The molecule has 9 nitrogen and oxygen atoms in total. The highest BCUT2D eigenvalue weighted by atomic mass is 16.5. The maximum absolute atomic E-state index is 12.2. The van der Waals surface area contributed by atoms with Crippen LogP contribution in [0, 0.1) is 0 Å². The first kappa shape index (κ1) is 17.4. The standard InChI is InChI=1S/C19H13N3O6/c23-15(10-22-19(26)28-16(20-22)12-6-2-1-3-7-12)27-11-21-17(24)13-8-4-5-9-14(13)18(21)25/h1-9H,10-11H2. The third kappa shape index (κ3) is 3.09. The number of rotatable bonds is 5. The van der Waals surface area contributed by atoms with Crippen LogP contribution >= 0.6 is 0 Å². The van der Waals surface area contributed by atoms with Gasteiger partial charge in [-0.3, -0.25) is 9.59 Å². The van der Waals surface area contributed by atoms with Crippen molar-refractivity contribution < 1.29 is 23.5 Å². The Balaban J connectivity index is 1.41. The molecule has 0 unspecified atom stereocenters. The van der Waals surface area contributed by atoms with Gasteiger partial charge in [-0.1, -0.05) is 30.3 Å². The summed E-state index contributed by atoms with van der Waals surface area (Å²) in [5.74, 6) is -2.68. The van der Waals surface area contributed by atoms with E-state index in [0.717, 1.165) is 9.58 Å². The molecule has 1 aliphatic heterocycles. The van der Waals surface area contributed by atoms with Crippen LogP contribution in [0.3, 0.4) is 0 Å². The van der Waals surface area contributed by atoms with E-state index in [4.69, 9.17) is 9.15 Å². The van der Waals surface area contributed by atoms with Crippen LogP contribution in [-0.2, 0) is 16.1 Å². The molecule has 140 valence electrons. The second-order valence-corrected chi connectivity index (χ2v) is 5.93. The summed E-state index contributed by atoms with van der Waals surface area (Å²) >= 11 is 0. The van der Waals surface area contributed by atoms with Crippen LogP contribution in [0.15, 0.2) is 63.8 Å². The minimum absolute atomic E-state index is 0.0683. The number of carbonyl (C=O) groups excluding carboxylic acids is 3. The molecule has 0 atom stereocenters. The van der Waals surface area contributed by atoms with Crippen LogP contribution in [0.4, 0.5) is 0 Å². The number of carbonyl (C=O) groups is 3. The van der Waals surface area contributed by atoms with E-state index in [1.165, 1.54) is 12.1 Å². The number of esters is 1. The molecular weight excluding hydrogens is 366 g/mol. The molecule has 2 heterocycles. The quantitative estimate of drug-likeness (QED) is 0.485. The summed E-state index contributed by atoms with van der Waals surface area (Å²) in [5.41, 5.74) is 1.09. The maximum Gasteiger partial charge on any atom is 0.437 e. The Morgan fingerprint density at radius 2 is 1.54 bits per heavy atom. The second kappa shape index (κ2) is 6.95. The van der Waals surface area contributed by atoms with Crippen molar-refractivity contribution in [3.63, 3.8) is 0 Å². The Morgan fingerprint density at radius 3 is 2.18 bits per heavy atom. The van der Waals surface area contributed by atoms with Crippen LogP contribution < -0.4 is 5.76 Å². The third-order valence-electron chi connectivity index (χ3n) is 4.14. The van der Waals surface area contributed by atoms with Crippen LogP contribution in [0.5, 0.6) is 0 Å². The predicted octanol–water partition coefficient (Wildman–Crippen LogP) is 1.30. The molecule has 2 aromatic carbocycles. The Morgan fingerprint density at radius 1 is 0.929 bits per heavy atom. The van der Waals surface area contributed by atoms with Gasteiger partial charge in [-0.15, -0.1) is 5.10 Å². The predicted molar refractivity (Wildman–Crippen MR) is 94.1 cm³/mol. The van der Waals surface area contributed by atoms with Crippen molar-refractivity contribution in [1.29, 1.82) is 0 Å². The van der Waals surface area contributed by atoms with Crippen molar-refractivity contribution in [3.8, 4) is 11.5 Å². The fourth-order valence-electron chi connectivity index (χ4n) is 2.76. The van der Waals surface area contributed by atoms with Gasteiger partial charge in [0, 0.05) is 5.56 Å². The van der Waals surface area contributed by atoms with Crippen molar-refractivity contribution >= 4 is 17.8 Å². The van der Waals surface area contributed by atoms with Crippen molar-refractivity contribution in [2.24, 2.45) is 0 Å². The first-order valence-corrected chi connectivity index (χ1v) is 8.29. The minimum Gasteiger partial charge on any atom is -0.442 e. The number of benzene rings is 2. The van der Waals surface area contributed by atoms with Gasteiger partial charge in [-0.05, 0) is 24.3 Å². The highest BCUT2D eigenvalue weighted by Gasteiger charge is 2.35. The summed E-state index contributed by atoms with van der Waals surface area (Å²) < 4.78 is 10.8. The molecule has 1 aromatic heterocycles. The monoisotopic (exact) mass is 379 g/mol. The number of ether oxygens (including phenoxy) is 1. The Bertz CT molecular complexity index is 1100. The fraction of sp³-hybridized carbons (Fsp3) is 0.105. The van der Waals surface area contributed by atoms with Crippen molar-refractivity contribution in [2.75, 3.05) is 6.73 Å². The average Bonchev–Trinajstić information content (AvgIpc) is 3.19. The average molecular weight is 379 g/mol. The molecule has 4 rings (SSSR count). The van der Waals surface area contributed by atoms with E-state index in [0.29, 0.717) is 5.56 Å². The molecule has 1 aliphatic rings. The van der Waals surface area contributed by atoms with Gasteiger partial charge in [0.25, 0.3) is 11.8 Å².